The first-order valence-electron chi connectivity index (χ1n) is 11.2. The number of rotatable bonds is 9. The highest BCUT2D eigenvalue weighted by Gasteiger charge is 2.32. The Balaban J connectivity index is 1.62. The van der Waals surface area contributed by atoms with Crippen LogP contribution >= 0.6 is 0 Å². The van der Waals surface area contributed by atoms with Gasteiger partial charge in [0.25, 0.3) is 0 Å². The van der Waals surface area contributed by atoms with Crippen molar-refractivity contribution in [2.45, 2.75) is 44.2 Å². The lowest BCUT2D eigenvalue weighted by molar-refractivity contribution is -0.146. The molecule has 0 unspecified atom stereocenters. The van der Waals surface area contributed by atoms with Gasteiger partial charge in [-0.05, 0) is 74.1 Å². The van der Waals surface area contributed by atoms with Gasteiger partial charge in [0.2, 0.25) is 5.91 Å². The number of halogens is 1. The molecule has 2 aromatic rings. The number of carboxylic acid groups (broad SMARTS) is 1. The number of ether oxygens (including phenoxy) is 1. The van der Waals surface area contributed by atoms with Gasteiger partial charge in [0.1, 0.15) is 18.1 Å². The fourth-order valence-corrected chi connectivity index (χ4v) is 4.25. The van der Waals surface area contributed by atoms with Crippen LogP contribution in [0.15, 0.2) is 48.5 Å². The number of carboxylic acids is 1. The zero-order valence-electron chi connectivity index (χ0n) is 18.7. The van der Waals surface area contributed by atoms with Crippen molar-refractivity contribution in [2.75, 3.05) is 25.5 Å². The van der Waals surface area contributed by atoms with Crippen LogP contribution in [0.2, 0.25) is 0 Å². The van der Waals surface area contributed by atoms with Gasteiger partial charge in [-0.15, -0.1) is 0 Å². The van der Waals surface area contributed by atoms with E-state index in [1.54, 1.807) is 19.2 Å². The Bertz CT molecular complexity index is 937. The summed E-state index contributed by atoms with van der Waals surface area (Å²) in [7, 11) is 1.58. The van der Waals surface area contributed by atoms with Gasteiger partial charge in [-0.1, -0.05) is 12.1 Å². The molecule has 0 aromatic heterocycles. The van der Waals surface area contributed by atoms with Gasteiger partial charge in [-0.3, -0.25) is 9.59 Å². The lowest BCUT2D eigenvalue weighted by Crippen LogP contribution is -2.41. The third-order valence-electron chi connectivity index (χ3n) is 6.09. The van der Waals surface area contributed by atoms with E-state index in [2.05, 4.69) is 5.32 Å². The van der Waals surface area contributed by atoms with Crippen molar-refractivity contribution in [3.8, 4) is 5.75 Å². The Hall–Kier alpha value is -3.13. The third-order valence-corrected chi connectivity index (χ3v) is 6.09. The van der Waals surface area contributed by atoms with E-state index in [0.29, 0.717) is 43.5 Å². The molecule has 0 heterocycles. The lowest BCUT2D eigenvalue weighted by atomic mass is 9.98. The van der Waals surface area contributed by atoms with Crippen molar-refractivity contribution < 1.29 is 28.9 Å². The third kappa shape index (κ3) is 7.18. The molecule has 1 aliphatic carbocycles. The number of anilines is 1. The maximum Gasteiger partial charge on any atom is 0.323 e. The largest absolute Gasteiger partial charge is 0.497 e. The SMILES string of the molecule is COc1cccc(CCN(CC(=O)O)C(=O)[C@@H]2CC[C@H](Nc3ccc(F)cc3)[C@@H](O)CC2)c1. The van der Waals surface area contributed by atoms with Crippen LogP contribution in [0.1, 0.15) is 31.2 Å². The van der Waals surface area contributed by atoms with E-state index in [9.17, 15) is 24.2 Å². The molecule has 2 aromatic carbocycles. The Labute approximate surface area is 193 Å². The van der Waals surface area contributed by atoms with E-state index in [0.717, 1.165) is 5.56 Å². The molecule has 0 spiro atoms. The zero-order valence-corrected chi connectivity index (χ0v) is 18.7. The number of carbonyl (C=O) groups excluding carboxylic acids is 1. The van der Waals surface area contributed by atoms with Crippen LogP contribution in [0.4, 0.5) is 10.1 Å². The second-order valence-electron chi connectivity index (χ2n) is 8.43. The van der Waals surface area contributed by atoms with Gasteiger partial charge < -0.3 is 25.2 Å². The number of carbonyl (C=O) groups is 2. The second kappa shape index (κ2) is 11.7. The summed E-state index contributed by atoms with van der Waals surface area (Å²) < 4.78 is 18.4. The smallest absolute Gasteiger partial charge is 0.323 e. The first-order valence-corrected chi connectivity index (χ1v) is 11.2. The Kier molecular flexibility index (Phi) is 8.65. The average Bonchev–Trinajstić information content (AvgIpc) is 2.99. The fourth-order valence-electron chi connectivity index (χ4n) is 4.25. The summed E-state index contributed by atoms with van der Waals surface area (Å²) in [6, 6.07) is 13.1. The minimum absolute atomic E-state index is 0.199. The minimum atomic E-state index is -1.06. The highest BCUT2D eigenvalue weighted by Crippen LogP contribution is 2.28. The minimum Gasteiger partial charge on any atom is -0.497 e. The summed E-state index contributed by atoms with van der Waals surface area (Å²) >= 11 is 0. The number of hydrogen-bond acceptors (Lipinski definition) is 5. The first kappa shape index (κ1) is 24.5. The summed E-state index contributed by atoms with van der Waals surface area (Å²) in [5.74, 6) is -1.24. The van der Waals surface area contributed by atoms with Crippen molar-refractivity contribution in [3.05, 3.63) is 59.9 Å². The molecule has 1 aliphatic rings. The van der Waals surface area contributed by atoms with Crippen molar-refractivity contribution in [3.63, 3.8) is 0 Å². The van der Waals surface area contributed by atoms with Gasteiger partial charge in [0.05, 0.1) is 19.3 Å². The molecule has 3 N–H and O–H groups in total. The molecule has 33 heavy (non-hydrogen) atoms. The molecule has 1 amide bonds. The van der Waals surface area contributed by atoms with Gasteiger partial charge >= 0.3 is 5.97 Å². The molecule has 1 fully saturated rings. The van der Waals surface area contributed by atoms with Crippen LogP contribution in [0, 0.1) is 11.7 Å². The number of hydrogen-bond donors (Lipinski definition) is 3. The molecule has 8 heteroatoms. The number of amides is 1. The van der Waals surface area contributed by atoms with Gasteiger partial charge in [0.15, 0.2) is 0 Å². The van der Waals surface area contributed by atoms with Crippen LogP contribution in [0.25, 0.3) is 0 Å². The molecule has 3 atom stereocenters. The molecule has 178 valence electrons. The highest BCUT2D eigenvalue weighted by atomic mass is 19.1. The predicted molar refractivity (Wildman–Crippen MR) is 123 cm³/mol. The number of methoxy groups -OCH3 is 1. The molecule has 0 saturated heterocycles. The molecule has 1 saturated carbocycles. The highest BCUT2D eigenvalue weighted by molar-refractivity contribution is 5.83. The van der Waals surface area contributed by atoms with Crippen LogP contribution in [-0.4, -0.2) is 59.3 Å². The van der Waals surface area contributed by atoms with Gasteiger partial charge in [-0.25, -0.2) is 4.39 Å². The standard InChI is InChI=1S/C25H31FN2O5/c1-33-21-4-2-3-17(15-21)13-14-28(16-24(30)31)25(32)18-5-11-22(23(29)12-6-18)27-20-9-7-19(26)8-10-20/h2-4,7-10,15,18,22-23,27,29H,5-6,11-14,16H2,1H3,(H,30,31)/t18-,22+,23+/m1/s1. The summed E-state index contributed by atoms with van der Waals surface area (Å²) in [5.41, 5.74) is 1.66. The van der Waals surface area contributed by atoms with Crippen molar-refractivity contribution >= 4 is 17.6 Å². The van der Waals surface area contributed by atoms with Crippen LogP contribution in [-0.2, 0) is 16.0 Å². The maximum atomic E-state index is 13.2. The van der Waals surface area contributed by atoms with Crippen molar-refractivity contribution in [2.24, 2.45) is 5.92 Å². The molecule has 7 nitrogen and oxygen atoms in total. The number of nitrogens with one attached hydrogen (secondary N) is 1. The Morgan fingerprint density at radius 2 is 1.85 bits per heavy atom. The van der Waals surface area contributed by atoms with Crippen molar-refractivity contribution in [1.82, 2.24) is 4.90 Å². The first-order chi connectivity index (χ1) is 15.9. The van der Waals surface area contributed by atoms with E-state index >= 15 is 0 Å². The van der Waals surface area contributed by atoms with Gasteiger partial charge in [0, 0.05) is 18.2 Å². The van der Waals surface area contributed by atoms with Crippen molar-refractivity contribution in [1.29, 1.82) is 0 Å². The molecule has 3 rings (SSSR count). The maximum absolute atomic E-state index is 13.2. The summed E-state index contributed by atoms with van der Waals surface area (Å²) in [4.78, 5) is 26.0. The fraction of sp³-hybridized carbons (Fsp3) is 0.440. The Morgan fingerprint density at radius 1 is 1.12 bits per heavy atom. The normalized spacial score (nSPS) is 20.5. The van der Waals surface area contributed by atoms with E-state index in [-0.39, 0.29) is 36.8 Å². The van der Waals surface area contributed by atoms with Crippen LogP contribution in [0.3, 0.4) is 0 Å². The van der Waals surface area contributed by atoms with E-state index in [1.165, 1.54) is 17.0 Å². The molecule has 0 aliphatic heterocycles. The quantitative estimate of drug-likeness (QED) is 0.499. The monoisotopic (exact) mass is 458 g/mol. The molecular weight excluding hydrogens is 427 g/mol. The topological polar surface area (TPSA) is 99.1 Å². The summed E-state index contributed by atoms with van der Waals surface area (Å²) in [5, 5.41) is 23.2. The number of aliphatic carboxylic acids is 1. The zero-order chi connectivity index (χ0) is 23.8. The molecule has 0 radical (unpaired) electrons. The number of benzene rings is 2. The van der Waals surface area contributed by atoms with Gasteiger partial charge in [-0.2, -0.15) is 0 Å². The van der Waals surface area contributed by atoms with E-state index in [1.807, 2.05) is 24.3 Å². The second-order valence-corrected chi connectivity index (χ2v) is 8.43. The number of aliphatic hydroxyl groups is 1. The molecular formula is C25H31FN2O5. The van der Waals surface area contributed by atoms with Crippen LogP contribution in [0.5, 0.6) is 5.75 Å². The number of nitrogens with zero attached hydrogens (tertiary/aromatic N) is 1. The predicted octanol–water partition coefficient (Wildman–Crippen LogP) is 3.32. The summed E-state index contributed by atoms with van der Waals surface area (Å²) in [6.07, 6.45) is 1.84. The van der Waals surface area contributed by atoms with E-state index < -0.39 is 12.1 Å². The van der Waals surface area contributed by atoms with E-state index in [4.69, 9.17) is 4.74 Å². The Morgan fingerprint density at radius 3 is 2.55 bits per heavy atom. The summed E-state index contributed by atoms with van der Waals surface area (Å²) in [6.45, 7) is -0.0757. The average molecular weight is 459 g/mol. The van der Waals surface area contributed by atoms with Crippen LogP contribution < -0.4 is 10.1 Å². The number of aliphatic hydroxyl groups excluding tert-OH is 1. The lowest BCUT2D eigenvalue weighted by Gasteiger charge is -2.26. The molecule has 0 bridgehead atoms.